The van der Waals surface area contributed by atoms with E-state index in [0.717, 1.165) is 307 Å². The molecule has 4 fully saturated rings. The molecule has 0 saturated carbocycles. The van der Waals surface area contributed by atoms with Crippen LogP contribution < -0.4 is 31.5 Å². The molecule has 0 radical (unpaired) electrons. The Balaban J connectivity index is 0.000000115. The third kappa shape index (κ3) is 21.7. The van der Waals surface area contributed by atoms with Crippen LogP contribution in [0.25, 0.3) is 89.2 Å². The van der Waals surface area contributed by atoms with Crippen LogP contribution in [0.3, 0.4) is 0 Å². The predicted molar refractivity (Wildman–Crippen MR) is 570 cm³/mol. The van der Waals surface area contributed by atoms with E-state index in [2.05, 4.69) is 220 Å². The van der Waals surface area contributed by atoms with Gasteiger partial charge in [-0.1, -0.05) is 59.2 Å². The van der Waals surface area contributed by atoms with Crippen molar-refractivity contribution in [3.05, 3.63) is 232 Å². The van der Waals surface area contributed by atoms with Crippen LogP contribution in [-0.2, 0) is 70.5 Å². The zero-order valence-electron chi connectivity index (χ0n) is 86.3. The Bertz CT molecular complexity index is 7470. The van der Waals surface area contributed by atoms with Crippen LogP contribution >= 0.6 is 0 Å². The van der Waals surface area contributed by atoms with E-state index in [9.17, 15) is 13.2 Å². The van der Waals surface area contributed by atoms with Crippen LogP contribution in [-0.4, -0.2) is 252 Å². The largest absolute Gasteiger partial charge is 0.368 e. The van der Waals surface area contributed by atoms with Crippen molar-refractivity contribution < 1.29 is 17.6 Å². The number of aryl methyl sites for hydroxylation is 5. The van der Waals surface area contributed by atoms with Gasteiger partial charge in [0.05, 0.1) is 80.8 Å². The average Bonchev–Trinajstić information content (AvgIpc) is 1.58. The molecular weight excluding hydrogens is 1860 g/mol. The van der Waals surface area contributed by atoms with Gasteiger partial charge in [-0.25, -0.2) is 97.3 Å². The lowest BCUT2D eigenvalue weighted by Gasteiger charge is -2.37. The van der Waals surface area contributed by atoms with E-state index >= 15 is 4.39 Å². The lowest BCUT2D eigenvalue weighted by Crippen LogP contribution is -2.49. The molecule has 4 saturated heterocycles. The second-order valence-electron chi connectivity index (χ2n) is 41.7. The van der Waals surface area contributed by atoms with Crippen molar-refractivity contribution in [3.63, 3.8) is 0 Å². The fourth-order valence-corrected chi connectivity index (χ4v) is 21.8. The van der Waals surface area contributed by atoms with Crippen LogP contribution in [0, 0.1) is 68.7 Å². The summed E-state index contributed by atoms with van der Waals surface area (Å²) in [6.07, 6.45) is 18.4. The average molecular weight is 1990 g/mol. The molecule has 8 aliphatic heterocycles. The van der Waals surface area contributed by atoms with Crippen molar-refractivity contribution in [1.29, 1.82) is 0 Å². The third-order valence-corrected chi connectivity index (χ3v) is 30.3. The molecule has 3 unspecified atom stereocenters. The molecule has 32 nitrogen and oxygen atoms in total. The molecule has 24 rings (SSSR count). The molecule has 0 spiro atoms. The summed E-state index contributed by atoms with van der Waals surface area (Å²) in [5.74, 6) is 8.09. The number of pyridine rings is 4. The highest BCUT2D eigenvalue weighted by Gasteiger charge is 2.35. The van der Waals surface area contributed by atoms with Gasteiger partial charge in [-0.15, -0.1) is 0 Å². The lowest BCUT2D eigenvalue weighted by molar-refractivity contribution is 0.0999. The number of likely N-dealkylation sites (N-methyl/N-ethyl adjacent to an activating group) is 3. The van der Waals surface area contributed by atoms with Crippen molar-refractivity contribution in [3.8, 4) is 45.0 Å². The first-order valence-electron chi connectivity index (χ1n) is 52.0. The molecule has 762 valence electrons. The summed E-state index contributed by atoms with van der Waals surface area (Å²) in [6, 6.07) is 32.3. The summed E-state index contributed by atoms with van der Waals surface area (Å²) in [5, 5.41) is 15.9. The number of fused-ring (bicyclic) bond motifs is 12. The first-order valence-corrected chi connectivity index (χ1v) is 52.0. The number of imidazole rings is 4. The number of nitrogens with one attached hydrogen (secondary N) is 5. The zero-order valence-corrected chi connectivity index (χ0v) is 86.3. The highest BCUT2D eigenvalue weighted by Crippen LogP contribution is 2.42. The summed E-state index contributed by atoms with van der Waals surface area (Å²) in [4.78, 5) is 89.4. The SMILES string of the molecule is CCC1Cc2nc3c(C)cc(-c4nc(Nc5ccc(CN6CCN(CC)CC6)cn5)ncc4F)cc3n2C1.CCN1CCN(Cc2ccc(Nc3ncc(F)c(-c4cc(C)c5nc6n(c5c4)CC(C)C6)n3)nc2)CC1.Cc1cc(-c2nc(Nc3ccc(CN4CCN(C)[C@@H](C)C4)cn3)ncc2F)cc2c1nc1n2C(C)(C)CC1.Cc1cc(-c2nc(Nc3ccc(N4CCNCC4)cn3)ncc2F)cc2c1nc1n2CC(C)C1. The standard InChI is InChI=1S/2C29H35FN8.C28H33FN8.C25H27FN8/c1-18-12-21(13-23-26(18)34-25-8-9-29(3,4)38(23)25)27-22(30)15-32-28(35-27)33-24-7-6-20(14-31-24)17-37-11-10-36(5)19(2)16-37;1-4-20-13-26-34-27-19(3)12-22(14-24(27)38(26)18-20)28-23(30)16-32-29(35-28)33-25-7-6-21(15-31-25)17-37-10-8-36(5-2)9-11-37;1-4-35-7-9-36(10-8-35)17-20-5-6-24(30-14-20)32-28-31-15-22(29)27(34-28)21-12-19(3)26-23(13-21)37-16-18(2)11-25(37)33-26;1-15-9-22-31-23-16(2)10-17(11-20(23)34(22)14-15)24-19(26)13-29-25(32-24)30-21-4-3-18(12-28-21)33-7-5-27-6-8-33/h6-7,12-15,19H,8-11,16-17H2,1-5H3,(H,31,32,33,35);6-7,12,14-16,20H,4-5,8-11,13,17-18H2,1-3H3,(H,31,32,33,35);5-6,12-15,18H,4,7-11,16-17H2,1-3H3,(H,30,31,32,34);3-4,10-13,15,27H,5-9,14H2,1-2H3,(H,28,29,30,32)/t19-;;;/m0.../s1. The Morgan fingerprint density at radius 2 is 0.721 bits per heavy atom. The maximum absolute atomic E-state index is 15.0. The number of piperazine rings is 4. The van der Waals surface area contributed by atoms with Crippen molar-refractivity contribution in [1.82, 2.24) is 133 Å². The van der Waals surface area contributed by atoms with E-state index in [1.807, 2.05) is 131 Å². The van der Waals surface area contributed by atoms with Crippen LogP contribution in [0.5, 0.6) is 0 Å². The monoisotopic (exact) mass is 1990 g/mol. The highest BCUT2D eigenvalue weighted by molar-refractivity contribution is 5.89. The molecule has 20 heterocycles. The van der Waals surface area contributed by atoms with Crippen LogP contribution in [0.4, 0.5) is 70.3 Å². The Kier molecular flexibility index (Phi) is 28.7. The van der Waals surface area contributed by atoms with E-state index in [0.29, 0.717) is 76.4 Å². The minimum Gasteiger partial charge on any atom is -0.368 e. The molecular formula is C111H130F4N32. The number of benzene rings is 4. The molecule has 0 amide bonds. The molecule has 8 aliphatic rings. The van der Waals surface area contributed by atoms with Gasteiger partial charge in [-0.05, 0) is 211 Å². The molecule has 4 aromatic carbocycles. The fraction of sp³-hybridized carbons (Fsp3) is 0.423. The molecule has 36 heteroatoms. The smallest absolute Gasteiger partial charge is 0.229 e. The third-order valence-electron chi connectivity index (χ3n) is 30.3. The second kappa shape index (κ2) is 42.5. The Morgan fingerprint density at radius 1 is 0.367 bits per heavy atom. The van der Waals surface area contributed by atoms with Gasteiger partial charge in [-0.3, -0.25) is 14.7 Å². The van der Waals surface area contributed by atoms with Gasteiger partial charge >= 0.3 is 0 Å². The van der Waals surface area contributed by atoms with Gasteiger partial charge in [0.2, 0.25) is 23.8 Å². The summed E-state index contributed by atoms with van der Waals surface area (Å²) in [6.45, 7) is 49.4. The first kappa shape index (κ1) is 99.1. The van der Waals surface area contributed by atoms with Gasteiger partial charge in [-0.2, -0.15) is 0 Å². The molecule has 0 bridgehead atoms. The van der Waals surface area contributed by atoms with Crippen LogP contribution in [0.1, 0.15) is 130 Å². The Morgan fingerprint density at radius 3 is 1.10 bits per heavy atom. The molecule has 16 aromatic rings. The number of aromatic nitrogens is 20. The Hall–Kier alpha value is -13.9. The minimum atomic E-state index is -0.459. The van der Waals surface area contributed by atoms with Crippen LogP contribution in [0.2, 0.25) is 0 Å². The Labute approximate surface area is 854 Å². The van der Waals surface area contributed by atoms with Crippen LogP contribution in [0.15, 0.2) is 147 Å². The van der Waals surface area contributed by atoms with Crippen molar-refractivity contribution in [2.45, 2.75) is 172 Å². The van der Waals surface area contributed by atoms with Crippen molar-refractivity contribution in [2.75, 3.05) is 144 Å². The maximum atomic E-state index is 15.0. The first-order chi connectivity index (χ1) is 71.2. The number of halogens is 4. The molecule has 0 aliphatic carbocycles. The minimum absolute atomic E-state index is 0.0213. The van der Waals surface area contributed by atoms with Gasteiger partial charge in [0.1, 0.15) is 69.3 Å². The molecule has 12 aromatic heterocycles. The molecule has 5 N–H and O–H groups in total. The fourth-order valence-electron chi connectivity index (χ4n) is 21.8. The summed E-state index contributed by atoms with van der Waals surface area (Å²) in [7, 11) is 2.18. The van der Waals surface area contributed by atoms with Gasteiger partial charge in [0.25, 0.3) is 0 Å². The molecule has 147 heavy (non-hydrogen) atoms. The van der Waals surface area contributed by atoms with Crippen molar-refractivity contribution in [2.24, 2.45) is 17.8 Å². The van der Waals surface area contributed by atoms with E-state index in [1.165, 1.54) is 35.9 Å². The van der Waals surface area contributed by atoms with E-state index < -0.39 is 23.3 Å². The molecule has 4 atom stereocenters. The summed E-state index contributed by atoms with van der Waals surface area (Å²) >= 11 is 0. The van der Waals surface area contributed by atoms with Gasteiger partial charge in [0.15, 0.2) is 23.3 Å². The number of hydrogen-bond donors (Lipinski definition) is 5. The summed E-state index contributed by atoms with van der Waals surface area (Å²) in [5.41, 5.74) is 20.6. The number of anilines is 9. The second-order valence-corrected chi connectivity index (χ2v) is 41.7. The summed E-state index contributed by atoms with van der Waals surface area (Å²) < 4.78 is 68.8. The maximum Gasteiger partial charge on any atom is 0.229 e. The van der Waals surface area contributed by atoms with E-state index in [-0.39, 0.29) is 28.3 Å². The van der Waals surface area contributed by atoms with E-state index in [1.54, 1.807) is 0 Å². The number of rotatable bonds is 22. The quantitative estimate of drug-likeness (QED) is 0.0394. The number of hydrogen-bond acceptors (Lipinski definition) is 28. The highest BCUT2D eigenvalue weighted by atomic mass is 19.1. The number of nitrogens with zero attached hydrogens (tertiary/aromatic N) is 27. The lowest BCUT2D eigenvalue weighted by atomic mass is 10.0. The zero-order chi connectivity index (χ0) is 102. The van der Waals surface area contributed by atoms with Crippen molar-refractivity contribution >= 4 is 96.9 Å². The van der Waals surface area contributed by atoms with Gasteiger partial charge in [0, 0.05) is 216 Å². The predicted octanol–water partition coefficient (Wildman–Crippen LogP) is 17.8. The topological polar surface area (TPSA) is 309 Å². The van der Waals surface area contributed by atoms with E-state index in [4.69, 9.17) is 19.9 Å². The normalized spacial score (nSPS) is 18.6. The van der Waals surface area contributed by atoms with Gasteiger partial charge < -0.3 is 64.5 Å².